The molecule has 0 fully saturated rings. The zero-order valence-corrected chi connectivity index (χ0v) is 15.9. The Morgan fingerprint density at radius 3 is 2.79 bits per heavy atom. The van der Waals surface area contributed by atoms with Gasteiger partial charge in [0, 0.05) is 19.6 Å². The Hall–Kier alpha value is -2.96. The van der Waals surface area contributed by atoms with Crippen LogP contribution in [-0.2, 0) is 13.0 Å². The van der Waals surface area contributed by atoms with Gasteiger partial charge in [0.2, 0.25) is 11.6 Å². The molecular formula is C21H25N5O2. The fourth-order valence-corrected chi connectivity index (χ4v) is 4.05. The molecule has 4 rings (SSSR count). The van der Waals surface area contributed by atoms with E-state index in [0.717, 1.165) is 25.7 Å². The van der Waals surface area contributed by atoms with Gasteiger partial charge in [-0.2, -0.15) is 0 Å². The molecule has 0 amide bonds. The standard InChI is InChI=1S/C21H25N5O2/c27-26(28)19-20(22-12-10-16-6-2-1-3-7-16)23-15-24-21(19)25-13-11-17-8-4-5-9-18(17)14-25/h4-6,8-9,15H,1-3,7,10-14H2,(H,22,23,24). The highest BCUT2D eigenvalue weighted by Gasteiger charge is 2.29. The highest BCUT2D eigenvalue weighted by Crippen LogP contribution is 2.34. The van der Waals surface area contributed by atoms with Crippen LogP contribution in [0.25, 0.3) is 0 Å². The Kier molecular flexibility index (Phi) is 5.50. The lowest BCUT2D eigenvalue weighted by atomic mass is 9.97. The molecule has 2 heterocycles. The molecule has 0 saturated heterocycles. The van der Waals surface area contributed by atoms with E-state index in [1.54, 1.807) is 0 Å². The second kappa shape index (κ2) is 8.37. The number of nitro groups is 1. The smallest absolute Gasteiger partial charge is 0.353 e. The van der Waals surface area contributed by atoms with Crippen LogP contribution in [0.15, 0.2) is 42.2 Å². The van der Waals surface area contributed by atoms with Crippen LogP contribution in [0, 0.1) is 10.1 Å². The Labute approximate surface area is 164 Å². The minimum absolute atomic E-state index is 0.0282. The molecular weight excluding hydrogens is 354 g/mol. The van der Waals surface area contributed by atoms with Crippen molar-refractivity contribution in [3.8, 4) is 0 Å². The van der Waals surface area contributed by atoms with Crippen LogP contribution >= 0.6 is 0 Å². The molecule has 1 aliphatic carbocycles. The summed E-state index contributed by atoms with van der Waals surface area (Å²) in [6.45, 7) is 1.98. The van der Waals surface area contributed by atoms with E-state index < -0.39 is 0 Å². The zero-order chi connectivity index (χ0) is 19.3. The summed E-state index contributed by atoms with van der Waals surface area (Å²) in [6.07, 6.45) is 10.2. The third-order valence-corrected chi connectivity index (χ3v) is 5.54. The van der Waals surface area contributed by atoms with Gasteiger partial charge in [-0.25, -0.2) is 9.97 Å². The SMILES string of the molecule is O=[N+]([O-])c1c(NCCC2=CCCCC2)ncnc1N1CCc2ccccc2C1. The molecule has 0 spiro atoms. The molecule has 0 atom stereocenters. The van der Waals surface area contributed by atoms with Crippen molar-refractivity contribution in [1.82, 2.24) is 9.97 Å². The fourth-order valence-electron chi connectivity index (χ4n) is 4.05. The molecule has 2 aromatic rings. The number of hydrogen-bond acceptors (Lipinski definition) is 6. The van der Waals surface area contributed by atoms with Crippen molar-refractivity contribution < 1.29 is 4.92 Å². The quantitative estimate of drug-likeness (QED) is 0.459. The number of allylic oxidation sites excluding steroid dienone is 1. The van der Waals surface area contributed by atoms with Crippen LogP contribution in [-0.4, -0.2) is 28.0 Å². The lowest BCUT2D eigenvalue weighted by molar-refractivity contribution is -0.383. The van der Waals surface area contributed by atoms with Crippen molar-refractivity contribution in [2.75, 3.05) is 23.3 Å². The first-order valence-corrected chi connectivity index (χ1v) is 9.95. The van der Waals surface area contributed by atoms with Gasteiger partial charge in [0.15, 0.2) is 0 Å². The minimum atomic E-state index is -0.363. The highest BCUT2D eigenvalue weighted by atomic mass is 16.6. The number of aromatic nitrogens is 2. The Balaban J connectivity index is 1.52. The molecule has 0 unspecified atom stereocenters. The van der Waals surface area contributed by atoms with E-state index in [0.29, 0.717) is 31.3 Å². The molecule has 7 nitrogen and oxygen atoms in total. The summed E-state index contributed by atoms with van der Waals surface area (Å²) in [5, 5.41) is 15.0. The minimum Gasteiger partial charge on any atom is -0.364 e. The molecule has 1 aliphatic heterocycles. The van der Waals surface area contributed by atoms with Gasteiger partial charge in [0.1, 0.15) is 6.33 Å². The van der Waals surface area contributed by atoms with E-state index in [2.05, 4.69) is 33.5 Å². The van der Waals surface area contributed by atoms with Crippen LogP contribution in [0.4, 0.5) is 17.3 Å². The second-order valence-electron chi connectivity index (χ2n) is 7.38. The van der Waals surface area contributed by atoms with E-state index >= 15 is 0 Å². The second-order valence-corrected chi connectivity index (χ2v) is 7.38. The van der Waals surface area contributed by atoms with Crippen molar-refractivity contribution in [3.63, 3.8) is 0 Å². The van der Waals surface area contributed by atoms with Crippen molar-refractivity contribution in [1.29, 1.82) is 0 Å². The Morgan fingerprint density at radius 1 is 1.14 bits per heavy atom. The predicted octanol–water partition coefficient (Wildman–Crippen LogP) is 4.25. The van der Waals surface area contributed by atoms with E-state index in [4.69, 9.17) is 0 Å². The topological polar surface area (TPSA) is 84.2 Å². The average Bonchev–Trinajstić information content (AvgIpc) is 2.74. The first-order valence-electron chi connectivity index (χ1n) is 9.95. The van der Waals surface area contributed by atoms with Crippen molar-refractivity contribution in [2.24, 2.45) is 0 Å². The summed E-state index contributed by atoms with van der Waals surface area (Å²) in [5.74, 6) is 0.708. The predicted molar refractivity (Wildman–Crippen MR) is 110 cm³/mol. The largest absolute Gasteiger partial charge is 0.364 e. The number of anilines is 2. The molecule has 0 radical (unpaired) electrons. The fraction of sp³-hybridized carbons (Fsp3) is 0.429. The van der Waals surface area contributed by atoms with E-state index in [1.165, 1.54) is 35.9 Å². The first-order chi connectivity index (χ1) is 13.7. The monoisotopic (exact) mass is 379 g/mol. The maximum atomic E-state index is 11.8. The van der Waals surface area contributed by atoms with Gasteiger partial charge in [-0.1, -0.05) is 35.9 Å². The molecule has 1 aromatic heterocycles. The zero-order valence-electron chi connectivity index (χ0n) is 15.9. The van der Waals surface area contributed by atoms with Crippen molar-refractivity contribution in [3.05, 3.63) is 63.5 Å². The number of nitrogens with zero attached hydrogens (tertiary/aromatic N) is 4. The molecule has 2 aliphatic rings. The highest BCUT2D eigenvalue weighted by molar-refractivity contribution is 5.70. The van der Waals surface area contributed by atoms with Crippen LogP contribution in [0.1, 0.15) is 43.2 Å². The van der Waals surface area contributed by atoms with Gasteiger partial charge < -0.3 is 10.2 Å². The normalized spacial score (nSPS) is 16.3. The maximum absolute atomic E-state index is 11.8. The van der Waals surface area contributed by atoms with E-state index in [1.807, 2.05) is 17.0 Å². The van der Waals surface area contributed by atoms with Gasteiger partial charge in [-0.05, 0) is 49.7 Å². The summed E-state index contributed by atoms with van der Waals surface area (Å²) in [6, 6.07) is 8.23. The van der Waals surface area contributed by atoms with E-state index in [-0.39, 0.29) is 10.6 Å². The molecule has 28 heavy (non-hydrogen) atoms. The molecule has 146 valence electrons. The van der Waals surface area contributed by atoms with Gasteiger partial charge in [0.25, 0.3) is 0 Å². The number of rotatable bonds is 6. The number of benzene rings is 1. The van der Waals surface area contributed by atoms with Gasteiger partial charge >= 0.3 is 5.69 Å². The lowest BCUT2D eigenvalue weighted by Gasteiger charge is -2.29. The Morgan fingerprint density at radius 2 is 2.00 bits per heavy atom. The average molecular weight is 379 g/mol. The van der Waals surface area contributed by atoms with E-state index in [9.17, 15) is 10.1 Å². The van der Waals surface area contributed by atoms with Crippen molar-refractivity contribution >= 4 is 17.3 Å². The van der Waals surface area contributed by atoms with Crippen LogP contribution < -0.4 is 10.2 Å². The summed E-state index contributed by atoms with van der Waals surface area (Å²) in [4.78, 5) is 21.9. The molecule has 1 N–H and O–H groups in total. The number of nitrogens with one attached hydrogen (secondary N) is 1. The van der Waals surface area contributed by atoms with Crippen molar-refractivity contribution in [2.45, 2.75) is 45.1 Å². The van der Waals surface area contributed by atoms with Crippen LogP contribution in [0.5, 0.6) is 0 Å². The molecule has 1 aromatic carbocycles. The number of fused-ring (bicyclic) bond motifs is 1. The van der Waals surface area contributed by atoms with Crippen LogP contribution in [0.2, 0.25) is 0 Å². The van der Waals surface area contributed by atoms with Gasteiger partial charge in [-0.3, -0.25) is 10.1 Å². The lowest BCUT2D eigenvalue weighted by Crippen LogP contribution is -2.31. The molecule has 0 saturated carbocycles. The maximum Gasteiger partial charge on any atom is 0.353 e. The van der Waals surface area contributed by atoms with Crippen LogP contribution in [0.3, 0.4) is 0 Å². The summed E-state index contributed by atoms with van der Waals surface area (Å²) in [5.41, 5.74) is 3.90. The number of hydrogen-bond donors (Lipinski definition) is 1. The first kappa shape index (κ1) is 18.4. The third kappa shape index (κ3) is 3.98. The summed E-state index contributed by atoms with van der Waals surface area (Å²) < 4.78 is 0. The Bertz CT molecular complexity index is 896. The summed E-state index contributed by atoms with van der Waals surface area (Å²) >= 11 is 0. The molecule has 0 bridgehead atoms. The summed E-state index contributed by atoms with van der Waals surface area (Å²) in [7, 11) is 0. The van der Waals surface area contributed by atoms with Gasteiger partial charge in [0.05, 0.1) is 4.92 Å². The van der Waals surface area contributed by atoms with Gasteiger partial charge in [-0.15, -0.1) is 0 Å². The third-order valence-electron chi connectivity index (χ3n) is 5.54. The molecule has 7 heteroatoms.